The number of carbonyl (C=O) groups is 2. The molecule has 1 aliphatic heterocycles. The van der Waals surface area contributed by atoms with E-state index in [1.807, 2.05) is 54.6 Å². The van der Waals surface area contributed by atoms with Gasteiger partial charge in [0.25, 0.3) is 5.91 Å². The Morgan fingerprint density at radius 3 is 1.83 bits per heavy atom. The van der Waals surface area contributed by atoms with E-state index in [2.05, 4.69) is 5.32 Å². The van der Waals surface area contributed by atoms with Gasteiger partial charge in [0.05, 0.1) is 5.75 Å². The minimum absolute atomic E-state index is 0.0639. The number of amides is 2. The Hall–Kier alpha value is -3.49. The van der Waals surface area contributed by atoms with Crippen LogP contribution in [0.5, 0.6) is 0 Å². The second kappa shape index (κ2) is 11.3. The number of sulfonamides is 1. The summed E-state index contributed by atoms with van der Waals surface area (Å²) in [6.07, 6.45) is 0.352. The Kier molecular flexibility index (Phi) is 7.94. The molecule has 0 aliphatic carbocycles. The van der Waals surface area contributed by atoms with Crippen molar-refractivity contribution < 1.29 is 18.0 Å². The molecule has 0 saturated carbocycles. The van der Waals surface area contributed by atoms with E-state index < -0.39 is 16.1 Å². The van der Waals surface area contributed by atoms with Crippen LogP contribution < -0.4 is 5.32 Å². The van der Waals surface area contributed by atoms with Crippen LogP contribution in [0, 0.1) is 0 Å². The highest BCUT2D eigenvalue weighted by Gasteiger charge is 2.32. The zero-order chi connectivity index (χ0) is 24.7. The summed E-state index contributed by atoms with van der Waals surface area (Å²) < 4.78 is 27.2. The van der Waals surface area contributed by atoms with Crippen molar-refractivity contribution in [2.24, 2.45) is 0 Å². The number of carbonyl (C=O) groups excluding carboxylic acids is 2. The zero-order valence-electron chi connectivity index (χ0n) is 19.4. The van der Waals surface area contributed by atoms with E-state index in [0.717, 1.165) is 11.1 Å². The molecule has 0 spiro atoms. The lowest BCUT2D eigenvalue weighted by molar-refractivity contribution is -0.134. The first kappa shape index (κ1) is 24.6. The second-order valence-electron chi connectivity index (χ2n) is 8.55. The van der Waals surface area contributed by atoms with Crippen LogP contribution in [0.4, 0.5) is 0 Å². The first-order valence-electron chi connectivity index (χ1n) is 11.6. The Balaban J connectivity index is 1.43. The normalized spacial score (nSPS) is 15.4. The molecule has 4 rings (SSSR count). The third kappa shape index (κ3) is 6.55. The molecular formula is C27H29N3O4S. The number of piperazine rings is 1. The fourth-order valence-corrected chi connectivity index (χ4v) is 5.68. The average molecular weight is 492 g/mol. The highest BCUT2D eigenvalue weighted by molar-refractivity contribution is 7.88. The van der Waals surface area contributed by atoms with Gasteiger partial charge in [-0.3, -0.25) is 9.59 Å². The maximum atomic E-state index is 13.5. The Morgan fingerprint density at radius 1 is 0.743 bits per heavy atom. The maximum absolute atomic E-state index is 13.5. The topological polar surface area (TPSA) is 86.8 Å². The summed E-state index contributed by atoms with van der Waals surface area (Å²) >= 11 is 0. The lowest BCUT2D eigenvalue weighted by Crippen LogP contribution is -2.56. The van der Waals surface area contributed by atoms with Gasteiger partial charge in [0, 0.05) is 38.2 Å². The molecule has 35 heavy (non-hydrogen) atoms. The summed E-state index contributed by atoms with van der Waals surface area (Å²) in [7, 11) is -3.48. The van der Waals surface area contributed by atoms with Gasteiger partial charge in [-0.25, -0.2) is 8.42 Å². The van der Waals surface area contributed by atoms with Crippen molar-refractivity contribution in [3.05, 3.63) is 108 Å². The van der Waals surface area contributed by atoms with Gasteiger partial charge < -0.3 is 10.2 Å². The van der Waals surface area contributed by atoms with E-state index in [4.69, 9.17) is 0 Å². The molecule has 182 valence electrons. The maximum Gasteiger partial charge on any atom is 0.251 e. The van der Waals surface area contributed by atoms with Gasteiger partial charge in [0.15, 0.2) is 0 Å². The first-order valence-corrected chi connectivity index (χ1v) is 13.2. The molecule has 0 aromatic heterocycles. The highest BCUT2D eigenvalue weighted by Crippen LogP contribution is 2.15. The smallest absolute Gasteiger partial charge is 0.251 e. The van der Waals surface area contributed by atoms with Crippen molar-refractivity contribution in [3.63, 3.8) is 0 Å². The average Bonchev–Trinajstić information content (AvgIpc) is 2.89. The summed E-state index contributed by atoms with van der Waals surface area (Å²) in [6, 6.07) is 26.6. The molecule has 3 aromatic rings. The van der Waals surface area contributed by atoms with Gasteiger partial charge in [-0.2, -0.15) is 4.31 Å². The molecule has 1 saturated heterocycles. The molecule has 1 aliphatic rings. The van der Waals surface area contributed by atoms with Crippen molar-refractivity contribution in [2.75, 3.05) is 26.2 Å². The molecule has 0 radical (unpaired) electrons. The van der Waals surface area contributed by atoms with Crippen LogP contribution in [0.3, 0.4) is 0 Å². The predicted molar refractivity (Wildman–Crippen MR) is 135 cm³/mol. The van der Waals surface area contributed by atoms with E-state index in [-0.39, 0.29) is 43.7 Å². The summed E-state index contributed by atoms with van der Waals surface area (Å²) in [5, 5.41) is 2.89. The van der Waals surface area contributed by atoms with Gasteiger partial charge in [-0.15, -0.1) is 0 Å². The molecule has 7 nitrogen and oxygen atoms in total. The number of hydrogen-bond donors (Lipinski definition) is 1. The standard InChI is InChI=1S/C27H29N3O4S/c31-26(24-14-8-3-9-15-24)28-25(20-22-10-4-1-5-11-22)27(32)29-16-18-30(19-17-29)35(33,34)21-23-12-6-2-7-13-23/h1-15,25H,16-21H2,(H,28,31). The van der Waals surface area contributed by atoms with Crippen LogP contribution in [0.15, 0.2) is 91.0 Å². The lowest BCUT2D eigenvalue weighted by atomic mass is 10.0. The monoisotopic (exact) mass is 491 g/mol. The third-order valence-electron chi connectivity index (χ3n) is 6.06. The number of hydrogen-bond acceptors (Lipinski definition) is 4. The summed E-state index contributed by atoms with van der Waals surface area (Å²) in [5.41, 5.74) is 2.15. The van der Waals surface area contributed by atoms with Crippen LogP contribution in [-0.2, 0) is 27.0 Å². The Bertz CT molecular complexity index is 1230. The molecule has 1 fully saturated rings. The van der Waals surface area contributed by atoms with Crippen molar-refractivity contribution in [1.82, 2.24) is 14.5 Å². The minimum Gasteiger partial charge on any atom is -0.340 e. The van der Waals surface area contributed by atoms with Crippen molar-refractivity contribution >= 4 is 21.8 Å². The van der Waals surface area contributed by atoms with Crippen molar-refractivity contribution in [1.29, 1.82) is 0 Å². The Labute approximate surface area is 206 Å². The third-order valence-corrected chi connectivity index (χ3v) is 7.91. The number of nitrogens with one attached hydrogen (secondary N) is 1. The SMILES string of the molecule is O=C(NC(Cc1ccccc1)C(=O)N1CCN(S(=O)(=O)Cc2ccccc2)CC1)c1ccccc1. The van der Waals surface area contributed by atoms with E-state index in [0.29, 0.717) is 12.0 Å². The molecule has 1 heterocycles. The first-order chi connectivity index (χ1) is 16.9. The second-order valence-corrected chi connectivity index (χ2v) is 10.5. The van der Waals surface area contributed by atoms with Gasteiger partial charge in [0.1, 0.15) is 6.04 Å². The van der Waals surface area contributed by atoms with Crippen LogP contribution in [0.2, 0.25) is 0 Å². The van der Waals surface area contributed by atoms with Crippen molar-refractivity contribution in [2.45, 2.75) is 18.2 Å². The summed E-state index contributed by atoms with van der Waals surface area (Å²) in [4.78, 5) is 27.9. The van der Waals surface area contributed by atoms with E-state index in [9.17, 15) is 18.0 Å². The quantitative estimate of drug-likeness (QED) is 0.525. The minimum atomic E-state index is -3.48. The largest absolute Gasteiger partial charge is 0.340 e. The molecule has 2 amide bonds. The molecule has 0 bridgehead atoms. The number of rotatable bonds is 8. The molecule has 1 atom stereocenters. The Morgan fingerprint density at radius 2 is 1.26 bits per heavy atom. The molecule has 8 heteroatoms. The van der Waals surface area contributed by atoms with Crippen LogP contribution in [-0.4, -0.2) is 61.7 Å². The summed E-state index contributed by atoms with van der Waals surface area (Å²) in [5.74, 6) is -0.590. The number of benzene rings is 3. The molecule has 1 unspecified atom stereocenters. The van der Waals surface area contributed by atoms with Crippen LogP contribution in [0.1, 0.15) is 21.5 Å². The van der Waals surface area contributed by atoms with Gasteiger partial charge in [-0.1, -0.05) is 78.9 Å². The van der Waals surface area contributed by atoms with E-state index in [1.165, 1.54) is 4.31 Å². The van der Waals surface area contributed by atoms with E-state index in [1.54, 1.807) is 41.3 Å². The zero-order valence-corrected chi connectivity index (χ0v) is 20.2. The lowest BCUT2D eigenvalue weighted by Gasteiger charge is -2.36. The van der Waals surface area contributed by atoms with E-state index >= 15 is 0 Å². The molecular weight excluding hydrogens is 462 g/mol. The van der Waals surface area contributed by atoms with Crippen LogP contribution >= 0.6 is 0 Å². The fourth-order valence-electron chi connectivity index (χ4n) is 4.16. The van der Waals surface area contributed by atoms with Gasteiger partial charge in [-0.05, 0) is 23.3 Å². The van der Waals surface area contributed by atoms with Crippen LogP contribution in [0.25, 0.3) is 0 Å². The fraction of sp³-hybridized carbons (Fsp3) is 0.259. The summed E-state index contributed by atoms with van der Waals surface area (Å²) in [6.45, 7) is 1.01. The number of nitrogens with zero attached hydrogens (tertiary/aromatic N) is 2. The molecule has 1 N–H and O–H groups in total. The van der Waals surface area contributed by atoms with Gasteiger partial charge >= 0.3 is 0 Å². The molecule has 3 aromatic carbocycles. The highest BCUT2D eigenvalue weighted by atomic mass is 32.2. The van der Waals surface area contributed by atoms with Crippen molar-refractivity contribution in [3.8, 4) is 0 Å². The van der Waals surface area contributed by atoms with Gasteiger partial charge in [0.2, 0.25) is 15.9 Å². The predicted octanol–water partition coefficient (Wildman–Crippen LogP) is 2.70.